The molecular formula is C10H16N4O. The van der Waals surface area contributed by atoms with Gasteiger partial charge in [-0.25, -0.2) is 9.97 Å². The molecule has 0 bridgehead atoms. The van der Waals surface area contributed by atoms with E-state index in [1.54, 1.807) is 13.2 Å². The lowest BCUT2D eigenvalue weighted by Gasteiger charge is -2.11. The number of hydrogen-bond donors (Lipinski definition) is 2. The van der Waals surface area contributed by atoms with Crippen LogP contribution in [-0.4, -0.2) is 36.2 Å². The van der Waals surface area contributed by atoms with Crippen molar-refractivity contribution in [3.8, 4) is 5.88 Å². The van der Waals surface area contributed by atoms with Gasteiger partial charge in [-0.1, -0.05) is 0 Å². The monoisotopic (exact) mass is 208 g/mol. The lowest BCUT2D eigenvalue weighted by molar-refractivity contribution is 0.397. The highest BCUT2D eigenvalue weighted by Crippen LogP contribution is 2.11. The minimum absolute atomic E-state index is 0.561. The Bertz CT molecular complexity index is 312. The van der Waals surface area contributed by atoms with Crippen molar-refractivity contribution in [1.29, 1.82) is 0 Å². The molecule has 82 valence electrons. The third-order valence-corrected chi connectivity index (χ3v) is 2.54. The Kier molecular flexibility index (Phi) is 3.34. The number of nitrogens with zero attached hydrogens (tertiary/aromatic N) is 2. The van der Waals surface area contributed by atoms with Crippen molar-refractivity contribution in [1.82, 2.24) is 15.3 Å². The molecule has 1 saturated heterocycles. The molecule has 1 atom stereocenters. The molecule has 0 aromatic carbocycles. The van der Waals surface area contributed by atoms with Gasteiger partial charge in [0.1, 0.15) is 12.1 Å². The molecule has 1 aliphatic rings. The summed E-state index contributed by atoms with van der Waals surface area (Å²) in [6, 6.07) is 2.36. The molecule has 1 aliphatic heterocycles. The van der Waals surface area contributed by atoms with Crippen LogP contribution in [0, 0.1) is 0 Å². The number of aromatic nitrogens is 2. The van der Waals surface area contributed by atoms with Gasteiger partial charge in [0.05, 0.1) is 7.11 Å². The van der Waals surface area contributed by atoms with Crippen molar-refractivity contribution in [2.45, 2.75) is 18.9 Å². The van der Waals surface area contributed by atoms with E-state index in [0.717, 1.165) is 18.9 Å². The first kappa shape index (κ1) is 10.2. The lowest BCUT2D eigenvalue weighted by atomic mass is 10.2. The zero-order valence-electron chi connectivity index (χ0n) is 8.86. The molecular weight excluding hydrogens is 192 g/mol. The average Bonchev–Trinajstić information content (AvgIpc) is 2.79. The largest absolute Gasteiger partial charge is 0.481 e. The highest BCUT2D eigenvalue weighted by atomic mass is 16.5. The first-order valence-corrected chi connectivity index (χ1v) is 5.22. The van der Waals surface area contributed by atoms with Crippen molar-refractivity contribution in [3.05, 3.63) is 12.4 Å². The fourth-order valence-electron chi connectivity index (χ4n) is 1.71. The highest BCUT2D eigenvalue weighted by Gasteiger charge is 2.13. The predicted molar refractivity (Wildman–Crippen MR) is 58.1 cm³/mol. The van der Waals surface area contributed by atoms with Crippen LogP contribution < -0.4 is 15.4 Å². The highest BCUT2D eigenvalue weighted by molar-refractivity contribution is 5.37. The molecule has 2 rings (SSSR count). The van der Waals surface area contributed by atoms with E-state index in [1.807, 2.05) is 0 Å². The standard InChI is InChI=1S/C10H16N4O/c1-15-10-5-9(13-7-14-10)12-6-8-3-2-4-11-8/h5,7-8,11H,2-4,6H2,1H3,(H,12,13,14). The molecule has 0 saturated carbocycles. The van der Waals surface area contributed by atoms with Crippen LogP contribution in [0.3, 0.4) is 0 Å². The van der Waals surface area contributed by atoms with Gasteiger partial charge in [-0.15, -0.1) is 0 Å². The quantitative estimate of drug-likeness (QED) is 0.760. The Labute approximate surface area is 89.3 Å². The second kappa shape index (κ2) is 4.93. The van der Waals surface area contributed by atoms with Crippen LogP contribution in [0.15, 0.2) is 12.4 Å². The minimum Gasteiger partial charge on any atom is -0.481 e. The van der Waals surface area contributed by atoms with Crippen LogP contribution in [0.25, 0.3) is 0 Å². The zero-order valence-corrected chi connectivity index (χ0v) is 8.86. The van der Waals surface area contributed by atoms with Crippen LogP contribution in [0.5, 0.6) is 5.88 Å². The summed E-state index contributed by atoms with van der Waals surface area (Å²) in [4.78, 5) is 8.07. The van der Waals surface area contributed by atoms with E-state index in [2.05, 4.69) is 20.6 Å². The molecule has 0 aliphatic carbocycles. The molecule has 15 heavy (non-hydrogen) atoms. The van der Waals surface area contributed by atoms with Crippen molar-refractivity contribution in [2.75, 3.05) is 25.5 Å². The normalized spacial score (nSPS) is 20.2. The van der Waals surface area contributed by atoms with E-state index < -0.39 is 0 Å². The van der Waals surface area contributed by atoms with Gasteiger partial charge in [-0.3, -0.25) is 0 Å². The number of anilines is 1. The third kappa shape index (κ3) is 2.79. The smallest absolute Gasteiger partial charge is 0.218 e. The number of nitrogens with one attached hydrogen (secondary N) is 2. The van der Waals surface area contributed by atoms with E-state index >= 15 is 0 Å². The van der Waals surface area contributed by atoms with Crippen LogP contribution in [-0.2, 0) is 0 Å². The second-order valence-electron chi connectivity index (χ2n) is 3.62. The molecule has 0 spiro atoms. The maximum absolute atomic E-state index is 5.02. The first-order valence-electron chi connectivity index (χ1n) is 5.22. The Hall–Kier alpha value is -1.36. The summed E-state index contributed by atoms with van der Waals surface area (Å²) >= 11 is 0. The van der Waals surface area contributed by atoms with Gasteiger partial charge in [0.25, 0.3) is 0 Å². The maximum atomic E-state index is 5.02. The molecule has 1 aromatic heterocycles. The van der Waals surface area contributed by atoms with Crippen LogP contribution in [0.1, 0.15) is 12.8 Å². The van der Waals surface area contributed by atoms with Gasteiger partial charge >= 0.3 is 0 Å². The molecule has 5 heteroatoms. The van der Waals surface area contributed by atoms with Crippen LogP contribution in [0.4, 0.5) is 5.82 Å². The summed E-state index contributed by atoms with van der Waals surface area (Å²) in [6.45, 7) is 2.03. The van der Waals surface area contributed by atoms with E-state index in [9.17, 15) is 0 Å². The van der Waals surface area contributed by atoms with E-state index in [1.165, 1.54) is 19.2 Å². The SMILES string of the molecule is COc1cc(NCC2CCCN2)ncn1. The number of ether oxygens (including phenoxy) is 1. The molecule has 1 unspecified atom stereocenters. The van der Waals surface area contributed by atoms with Gasteiger partial charge in [0.15, 0.2) is 0 Å². The summed E-state index contributed by atoms with van der Waals surface area (Å²) in [5.41, 5.74) is 0. The summed E-state index contributed by atoms with van der Waals surface area (Å²) in [7, 11) is 1.60. The summed E-state index contributed by atoms with van der Waals surface area (Å²) < 4.78 is 5.02. The fourth-order valence-corrected chi connectivity index (χ4v) is 1.71. The van der Waals surface area contributed by atoms with Crippen molar-refractivity contribution < 1.29 is 4.74 Å². The molecule has 5 nitrogen and oxygen atoms in total. The molecule has 1 aromatic rings. The van der Waals surface area contributed by atoms with Crippen molar-refractivity contribution in [2.24, 2.45) is 0 Å². The summed E-state index contributed by atoms with van der Waals surface area (Å²) in [6.07, 6.45) is 4.00. The molecule has 2 N–H and O–H groups in total. The zero-order chi connectivity index (χ0) is 10.5. The second-order valence-corrected chi connectivity index (χ2v) is 3.62. The van der Waals surface area contributed by atoms with Gasteiger partial charge < -0.3 is 15.4 Å². The maximum Gasteiger partial charge on any atom is 0.218 e. The fraction of sp³-hybridized carbons (Fsp3) is 0.600. The number of hydrogen-bond acceptors (Lipinski definition) is 5. The minimum atomic E-state index is 0.561. The van der Waals surface area contributed by atoms with Gasteiger partial charge in [0, 0.05) is 18.7 Å². The van der Waals surface area contributed by atoms with Crippen molar-refractivity contribution in [3.63, 3.8) is 0 Å². The summed E-state index contributed by atoms with van der Waals surface area (Å²) in [5, 5.41) is 6.69. The third-order valence-electron chi connectivity index (χ3n) is 2.54. The van der Waals surface area contributed by atoms with Gasteiger partial charge in [-0.05, 0) is 19.4 Å². The number of rotatable bonds is 4. The number of methoxy groups -OCH3 is 1. The first-order chi connectivity index (χ1) is 7.38. The average molecular weight is 208 g/mol. The van der Waals surface area contributed by atoms with Crippen molar-refractivity contribution >= 4 is 5.82 Å². The topological polar surface area (TPSA) is 59.1 Å². The Balaban J connectivity index is 1.86. The van der Waals surface area contributed by atoms with Crippen LogP contribution >= 0.6 is 0 Å². The summed E-state index contributed by atoms with van der Waals surface area (Å²) in [5.74, 6) is 1.41. The molecule has 0 radical (unpaired) electrons. The Morgan fingerprint density at radius 3 is 3.27 bits per heavy atom. The van der Waals surface area contributed by atoms with E-state index in [-0.39, 0.29) is 0 Å². The Morgan fingerprint density at radius 2 is 2.53 bits per heavy atom. The lowest BCUT2D eigenvalue weighted by Crippen LogP contribution is -2.29. The Morgan fingerprint density at radius 1 is 1.60 bits per heavy atom. The molecule has 0 amide bonds. The van der Waals surface area contributed by atoms with Gasteiger partial charge in [-0.2, -0.15) is 0 Å². The van der Waals surface area contributed by atoms with E-state index in [0.29, 0.717) is 11.9 Å². The molecule has 1 fully saturated rings. The van der Waals surface area contributed by atoms with Crippen LogP contribution in [0.2, 0.25) is 0 Å². The predicted octanol–water partition coefficient (Wildman–Crippen LogP) is 0.649. The van der Waals surface area contributed by atoms with Gasteiger partial charge in [0.2, 0.25) is 5.88 Å². The molecule has 2 heterocycles. The van der Waals surface area contributed by atoms with E-state index in [4.69, 9.17) is 4.74 Å².